The number of nitriles is 1. The molecule has 0 radical (unpaired) electrons. The van der Waals surface area contributed by atoms with E-state index in [9.17, 15) is 0 Å². The van der Waals surface area contributed by atoms with Crippen LogP contribution >= 0.6 is 11.3 Å². The largest absolute Gasteiger partial charge is 0.212 e. The molecule has 0 aliphatic rings. The van der Waals surface area contributed by atoms with Gasteiger partial charge in [-0.05, 0) is 17.7 Å². The molecule has 0 aliphatic heterocycles. The van der Waals surface area contributed by atoms with Crippen LogP contribution in [-0.4, -0.2) is 14.6 Å². The molecule has 0 spiro atoms. The zero-order valence-electron chi connectivity index (χ0n) is 12.2. The van der Waals surface area contributed by atoms with Crippen molar-refractivity contribution in [2.45, 2.75) is 6.42 Å². The average molecular weight is 316 g/mol. The molecule has 0 aliphatic carbocycles. The molecule has 0 saturated heterocycles. The Balaban J connectivity index is 1.68. The van der Waals surface area contributed by atoms with Gasteiger partial charge in [-0.15, -0.1) is 16.4 Å². The minimum atomic E-state index is 0.677. The summed E-state index contributed by atoms with van der Waals surface area (Å²) >= 11 is 1.59. The lowest BCUT2D eigenvalue weighted by Gasteiger charge is -2.00. The van der Waals surface area contributed by atoms with Crippen molar-refractivity contribution in [2.75, 3.05) is 0 Å². The third kappa shape index (κ3) is 2.60. The summed E-state index contributed by atoms with van der Waals surface area (Å²) in [5.74, 6) is 0.749. The van der Waals surface area contributed by atoms with Gasteiger partial charge in [0.15, 0.2) is 5.82 Å². The van der Waals surface area contributed by atoms with E-state index in [1.54, 1.807) is 11.3 Å². The lowest BCUT2D eigenvalue weighted by atomic mass is 10.1. The van der Waals surface area contributed by atoms with Crippen LogP contribution in [0.5, 0.6) is 0 Å². The van der Waals surface area contributed by atoms with Gasteiger partial charge in [-0.25, -0.2) is 4.52 Å². The number of benzene rings is 2. The van der Waals surface area contributed by atoms with Crippen LogP contribution in [-0.2, 0) is 6.42 Å². The predicted molar refractivity (Wildman–Crippen MR) is 90.3 cm³/mol. The smallest absolute Gasteiger partial charge is 0.207 e. The first-order valence-electron chi connectivity index (χ1n) is 7.21. The van der Waals surface area contributed by atoms with Crippen molar-refractivity contribution < 1.29 is 0 Å². The van der Waals surface area contributed by atoms with Gasteiger partial charge in [-0.3, -0.25) is 0 Å². The Kier molecular flexibility index (Phi) is 3.37. The summed E-state index contributed by atoms with van der Waals surface area (Å²) in [5, 5.41) is 15.6. The number of hydrogen-bond acceptors (Lipinski definition) is 4. The number of thiazole rings is 1. The molecule has 110 valence electrons. The fourth-order valence-corrected chi connectivity index (χ4v) is 3.29. The highest BCUT2D eigenvalue weighted by Gasteiger charge is 2.11. The lowest BCUT2D eigenvalue weighted by molar-refractivity contribution is 0.900. The first-order valence-corrected chi connectivity index (χ1v) is 8.09. The number of hydrogen-bond donors (Lipinski definition) is 0. The van der Waals surface area contributed by atoms with Gasteiger partial charge in [0.25, 0.3) is 0 Å². The summed E-state index contributed by atoms with van der Waals surface area (Å²) in [6.45, 7) is 0. The summed E-state index contributed by atoms with van der Waals surface area (Å²) in [7, 11) is 0. The SMILES string of the molecule is N#Cc1ccc(Cc2csc3nc(-c4ccccc4)nn23)cc1. The van der Waals surface area contributed by atoms with Crippen molar-refractivity contribution in [3.8, 4) is 17.5 Å². The highest BCUT2D eigenvalue weighted by atomic mass is 32.1. The first-order chi connectivity index (χ1) is 11.3. The van der Waals surface area contributed by atoms with Gasteiger partial charge in [-0.1, -0.05) is 42.5 Å². The molecule has 0 bridgehead atoms. The molecule has 0 amide bonds. The fraction of sp³-hybridized carbons (Fsp3) is 0.0556. The number of fused-ring (bicyclic) bond motifs is 1. The van der Waals surface area contributed by atoms with Gasteiger partial charge >= 0.3 is 0 Å². The highest BCUT2D eigenvalue weighted by molar-refractivity contribution is 7.15. The number of rotatable bonds is 3. The molecule has 2 aromatic carbocycles. The number of aromatic nitrogens is 3. The predicted octanol–water partition coefficient (Wildman–Crippen LogP) is 3.92. The molecule has 0 unspecified atom stereocenters. The van der Waals surface area contributed by atoms with Crippen LogP contribution in [0.25, 0.3) is 16.3 Å². The van der Waals surface area contributed by atoms with Crippen molar-refractivity contribution in [3.63, 3.8) is 0 Å². The second-order valence-corrected chi connectivity index (χ2v) is 6.04. The second-order valence-electron chi connectivity index (χ2n) is 5.21. The van der Waals surface area contributed by atoms with Gasteiger partial charge in [-0.2, -0.15) is 10.2 Å². The third-order valence-electron chi connectivity index (χ3n) is 3.65. The molecule has 4 aromatic rings. The maximum absolute atomic E-state index is 8.87. The summed E-state index contributed by atoms with van der Waals surface area (Å²) in [4.78, 5) is 5.50. The summed E-state index contributed by atoms with van der Waals surface area (Å²) in [6.07, 6.45) is 0.767. The zero-order chi connectivity index (χ0) is 15.6. The molecule has 0 saturated carbocycles. The minimum Gasteiger partial charge on any atom is -0.207 e. The highest BCUT2D eigenvalue weighted by Crippen LogP contribution is 2.22. The van der Waals surface area contributed by atoms with Crippen LogP contribution in [0.2, 0.25) is 0 Å². The summed E-state index contributed by atoms with van der Waals surface area (Å²) < 4.78 is 1.91. The number of nitrogens with zero attached hydrogens (tertiary/aromatic N) is 4. The second kappa shape index (κ2) is 5.67. The van der Waals surface area contributed by atoms with Crippen molar-refractivity contribution in [1.29, 1.82) is 5.26 Å². The van der Waals surface area contributed by atoms with Crippen LogP contribution in [0.15, 0.2) is 60.0 Å². The molecule has 5 heteroatoms. The Morgan fingerprint density at radius 3 is 2.57 bits per heavy atom. The Bertz CT molecular complexity index is 991. The summed E-state index contributed by atoms with van der Waals surface area (Å²) in [5.41, 5.74) is 3.95. The molecule has 4 rings (SSSR count). The van der Waals surface area contributed by atoms with E-state index in [2.05, 4.69) is 21.5 Å². The maximum atomic E-state index is 8.87. The van der Waals surface area contributed by atoms with Crippen molar-refractivity contribution >= 4 is 16.3 Å². The maximum Gasteiger partial charge on any atom is 0.212 e. The quantitative estimate of drug-likeness (QED) is 0.575. The lowest BCUT2D eigenvalue weighted by Crippen LogP contribution is -1.95. The van der Waals surface area contributed by atoms with Crippen molar-refractivity contribution in [3.05, 3.63) is 76.8 Å². The van der Waals surface area contributed by atoms with Gasteiger partial charge in [0.2, 0.25) is 4.96 Å². The van der Waals surface area contributed by atoms with Crippen molar-refractivity contribution in [2.24, 2.45) is 0 Å². The van der Waals surface area contributed by atoms with E-state index < -0.39 is 0 Å². The molecule has 4 nitrogen and oxygen atoms in total. The molecular formula is C18H12N4S. The normalized spacial score (nSPS) is 10.7. The van der Waals surface area contributed by atoms with E-state index in [1.165, 1.54) is 0 Å². The van der Waals surface area contributed by atoms with Crippen LogP contribution in [0.4, 0.5) is 0 Å². The van der Waals surface area contributed by atoms with Gasteiger partial charge in [0.05, 0.1) is 17.3 Å². The fourth-order valence-electron chi connectivity index (χ4n) is 2.46. The van der Waals surface area contributed by atoms with E-state index in [0.29, 0.717) is 5.56 Å². The Morgan fingerprint density at radius 1 is 1.04 bits per heavy atom. The van der Waals surface area contributed by atoms with E-state index in [4.69, 9.17) is 5.26 Å². The topological polar surface area (TPSA) is 54.0 Å². The summed E-state index contributed by atoms with van der Waals surface area (Å²) in [6, 6.07) is 19.8. The van der Waals surface area contributed by atoms with Gasteiger partial charge in [0, 0.05) is 17.4 Å². The average Bonchev–Trinajstić information content (AvgIpc) is 3.18. The zero-order valence-corrected chi connectivity index (χ0v) is 13.0. The van der Waals surface area contributed by atoms with Gasteiger partial charge in [0.1, 0.15) is 0 Å². The van der Waals surface area contributed by atoms with Crippen LogP contribution in [0.1, 0.15) is 16.8 Å². The first kappa shape index (κ1) is 13.7. The molecule has 2 aromatic heterocycles. The molecule has 2 heterocycles. The standard InChI is InChI=1S/C18H12N4S/c19-11-14-8-6-13(7-9-14)10-16-12-23-18-20-17(21-22(16)18)15-4-2-1-3-5-15/h1-9,12H,10H2. The third-order valence-corrected chi connectivity index (χ3v) is 4.52. The molecule has 23 heavy (non-hydrogen) atoms. The molecule has 0 atom stereocenters. The van der Waals surface area contributed by atoms with Crippen LogP contribution in [0, 0.1) is 11.3 Å². The monoisotopic (exact) mass is 316 g/mol. The van der Waals surface area contributed by atoms with Crippen LogP contribution < -0.4 is 0 Å². The van der Waals surface area contributed by atoms with E-state index >= 15 is 0 Å². The van der Waals surface area contributed by atoms with E-state index in [1.807, 2.05) is 59.1 Å². The van der Waals surface area contributed by atoms with Crippen LogP contribution in [0.3, 0.4) is 0 Å². The Morgan fingerprint density at radius 2 is 1.83 bits per heavy atom. The van der Waals surface area contributed by atoms with Crippen molar-refractivity contribution in [1.82, 2.24) is 14.6 Å². The molecule has 0 N–H and O–H groups in total. The van der Waals surface area contributed by atoms with E-state index in [0.717, 1.165) is 34.0 Å². The Hall–Kier alpha value is -2.97. The van der Waals surface area contributed by atoms with Gasteiger partial charge < -0.3 is 0 Å². The molecule has 0 fully saturated rings. The molecular weight excluding hydrogens is 304 g/mol. The Labute approximate surface area is 137 Å². The minimum absolute atomic E-state index is 0.677. The van der Waals surface area contributed by atoms with E-state index in [-0.39, 0.29) is 0 Å².